The average molecular weight is 974 g/mol. The van der Waals surface area contributed by atoms with E-state index in [0.717, 1.165) is 48.7 Å². The van der Waals surface area contributed by atoms with Gasteiger partial charge in [-0.2, -0.15) is 44.5 Å². The Bertz CT molecular complexity index is 2420. The number of nitrogens with one attached hydrogen (secondary N) is 1. The second-order valence-corrected chi connectivity index (χ2v) is 21.5. The Morgan fingerprint density at radius 3 is 1.78 bits per heavy atom. The smallest absolute Gasteiger partial charge is 0.417 e. The van der Waals surface area contributed by atoms with Crippen LogP contribution in [-0.2, 0) is 18.5 Å². The maximum atomic E-state index is 13.8. The number of hydrogen-bond donors (Lipinski definition) is 2. The number of benzene rings is 4. The lowest BCUT2D eigenvalue weighted by atomic mass is 10.0. The molecule has 1 fully saturated rings. The van der Waals surface area contributed by atoms with Gasteiger partial charge in [0.2, 0.25) is 0 Å². The van der Waals surface area contributed by atoms with Crippen molar-refractivity contribution in [2.75, 3.05) is 0 Å². The Morgan fingerprint density at radius 2 is 1.30 bits per heavy atom. The summed E-state index contributed by atoms with van der Waals surface area (Å²) in [5.41, 5.74) is -2.75. The van der Waals surface area contributed by atoms with Gasteiger partial charge < -0.3 is 24.0 Å². The van der Waals surface area contributed by atoms with Crippen molar-refractivity contribution in [1.82, 2.24) is 10.3 Å². The summed E-state index contributed by atoms with van der Waals surface area (Å²) < 4.78 is 159. The highest BCUT2D eigenvalue weighted by molar-refractivity contribution is 6.74. The molecular weight excluding hydrogens is 932 g/mol. The topological polar surface area (TPSA) is 93.8 Å². The number of phenolic OH excluding ortho intramolecular Hbond substituents is 1. The van der Waals surface area contributed by atoms with Gasteiger partial charge in [-0.3, -0.25) is 4.79 Å². The van der Waals surface area contributed by atoms with Crippen LogP contribution in [0.3, 0.4) is 0 Å². The fraction of sp³-hybridized carbons (Fsp3) is 0.349. The molecule has 5 aromatic rings. The molecule has 1 aliphatic carbocycles. The molecule has 1 aliphatic rings. The Hall–Kier alpha value is -5.01. The van der Waals surface area contributed by atoms with E-state index in [1.807, 2.05) is 33.9 Å². The van der Waals surface area contributed by atoms with Crippen molar-refractivity contribution < 1.29 is 71.8 Å². The maximum absolute atomic E-state index is 13.8. The Balaban J connectivity index is 0.000000243. The predicted octanol–water partition coefficient (Wildman–Crippen LogP) is 15.2. The van der Waals surface area contributed by atoms with Crippen LogP contribution in [0, 0.1) is 18.6 Å². The fourth-order valence-electron chi connectivity index (χ4n) is 5.42. The molecular formula is C43H41Cl2F11N2O5Si. The first kappa shape index (κ1) is 51.6. The molecule has 0 aliphatic heterocycles. The van der Waals surface area contributed by atoms with E-state index in [2.05, 4.69) is 10.3 Å². The average Bonchev–Trinajstić information content (AvgIpc) is 3.90. The summed E-state index contributed by atoms with van der Waals surface area (Å²) in [7, 11) is -2.21. The number of aromatic hydroxyl groups is 1. The van der Waals surface area contributed by atoms with Gasteiger partial charge in [0.1, 0.15) is 35.1 Å². The minimum Gasteiger partial charge on any atom is -0.542 e. The Morgan fingerprint density at radius 1 is 0.812 bits per heavy atom. The van der Waals surface area contributed by atoms with E-state index in [9.17, 15) is 53.1 Å². The monoisotopic (exact) mass is 972 g/mol. The quantitative estimate of drug-likeness (QED) is 0.119. The summed E-state index contributed by atoms with van der Waals surface area (Å²) in [6.07, 6.45) is -11.7. The molecule has 64 heavy (non-hydrogen) atoms. The van der Waals surface area contributed by atoms with E-state index in [0.29, 0.717) is 12.8 Å². The van der Waals surface area contributed by atoms with Crippen molar-refractivity contribution in [2.45, 2.75) is 96.1 Å². The largest absolute Gasteiger partial charge is 0.542 e. The Labute approximate surface area is 371 Å². The molecule has 0 unspecified atom stereocenters. The molecule has 1 saturated carbocycles. The zero-order valence-corrected chi connectivity index (χ0v) is 37.4. The lowest BCUT2D eigenvalue weighted by molar-refractivity contribution is -0.139. The molecule has 1 aromatic heterocycles. The zero-order valence-electron chi connectivity index (χ0n) is 34.9. The number of oxazole rings is 1. The van der Waals surface area contributed by atoms with Crippen LogP contribution in [0.5, 0.6) is 23.3 Å². The normalized spacial score (nSPS) is 13.8. The van der Waals surface area contributed by atoms with Gasteiger partial charge in [-0.1, -0.05) is 62.2 Å². The maximum Gasteiger partial charge on any atom is 0.417 e. The van der Waals surface area contributed by atoms with Crippen LogP contribution in [0.1, 0.15) is 96.4 Å². The molecule has 1 amide bonds. The highest BCUT2D eigenvalue weighted by atomic mass is 35.5. The first-order chi connectivity index (χ1) is 29.3. The number of aromatic nitrogens is 1. The lowest BCUT2D eigenvalue weighted by Gasteiger charge is -2.36. The number of amides is 1. The van der Waals surface area contributed by atoms with E-state index >= 15 is 0 Å². The molecule has 7 nitrogen and oxygen atoms in total. The molecule has 6 rings (SSSR count). The molecule has 2 N–H and O–H groups in total. The third-order valence-corrected chi connectivity index (χ3v) is 15.3. The highest BCUT2D eigenvalue weighted by Crippen LogP contribution is 2.50. The van der Waals surface area contributed by atoms with Crippen molar-refractivity contribution in [3.8, 4) is 23.3 Å². The minimum atomic E-state index is -4.54. The molecule has 0 spiro atoms. The van der Waals surface area contributed by atoms with Crippen LogP contribution < -0.4 is 14.5 Å². The number of carbonyl (C=O) groups is 1. The minimum absolute atomic E-state index is 0.0336. The molecule has 1 atom stereocenters. The molecule has 348 valence electrons. The van der Waals surface area contributed by atoms with Crippen LogP contribution >= 0.6 is 23.2 Å². The number of hydrogen-bond acceptors (Lipinski definition) is 6. The third kappa shape index (κ3) is 13.1. The summed E-state index contributed by atoms with van der Waals surface area (Å²) in [6.45, 7) is 12.8. The summed E-state index contributed by atoms with van der Waals surface area (Å²) >= 11 is 11.0. The first-order valence-electron chi connectivity index (χ1n) is 19.0. The second-order valence-electron chi connectivity index (χ2n) is 16.0. The van der Waals surface area contributed by atoms with Crippen LogP contribution in [0.25, 0.3) is 0 Å². The van der Waals surface area contributed by atoms with Gasteiger partial charge >= 0.3 is 24.6 Å². The van der Waals surface area contributed by atoms with Crippen molar-refractivity contribution in [3.63, 3.8) is 0 Å². The van der Waals surface area contributed by atoms with E-state index in [4.69, 9.17) is 41.9 Å². The second kappa shape index (κ2) is 19.6. The van der Waals surface area contributed by atoms with Crippen LogP contribution in [0.15, 0.2) is 77.4 Å². The molecule has 0 radical (unpaired) electrons. The fourth-order valence-corrected chi connectivity index (χ4v) is 7.02. The summed E-state index contributed by atoms with van der Waals surface area (Å²) in [5.74, 6) is -2.96. The molecule has 4 aromatic carbocycles. The van der Waals surface area contributed by atoms with Crippen LogP contribution in [0.4, 0.5) is 48.3 Å². The van der Waals surface area contributed by atoms with E-state index in [1.165, 1.54) is 38.1 Å². The number of alkyl halides is 9. The summed E-state index contributed by atoms with van der Waals surface area (Å²) in [4.78, 5) is 16.4. The van der Waals surface area contributed by atoms with E-state index in [1.54, 1.807) is 0 Å². The number of nitrogens with zero attached hydrogens (tertiary/aromatic N) is 1. The SMILES string of the molecule is CC(C)(C)[Si](C)(C)Oc1cccc(C(F)(F)F)c1Cl.Cc1c(F)cc([C@@H](C)NC(=O)c2coc(Oc3cccc(C(F)(F)F)c3C3CC3)n2)cc1F.Oc1cccc(C(F)(F)F)c1Cl. The molecule has 21 heteroatoms. The first-order valence-corrected chi connectivity index (χ1v) is 22.7. The molecule has 0 saturated heterocycles. The van der Waals surface area contributed by atoms with Crippen LogP contribution in [0.2, 0.25) is 28.2 Å². The standard InChI is InChI=1S/C23H19F5N2O3.C13H18ClF3OSi.C7H4ClF3O/c1-11-16(24)8-14(9-17(11)25)12(2)29-21(31)18-10-32-22(30-18)33-19-5-3-4-15(23(26,27)28)20(19)13-6-7-13;1-12(2,3)19(4,5)18-10-8-6-7-9(11(10)14)13(15,16)17;8-6-4(7(9,10)11)2-1-3-5(6)12/h3-5,8-10,12-13H,6-7H2,1-2H3,(H,29,31);6-8H,1-5H3;1-3,12H/t12-;;/m1../s1. The van der Waals surface area contributed by atoms with Crippen molar-refractivity contribution >= 4 is 37.4 Å². The zero-order chi connectivity index (χ0) is 48.3. The number of rotatable bonds is 8. The van der Waals surface area contributed by atoms with Gasteiger partial charge in [0.05, 0.1) is 32.8 Å². The van der Waals surface area contributed by atoms with E-state index < -0.39 is 84.0 Å². The summed E-state index contributed by atoms with van der Waals surface area (Å²) in [5, 5.41) is 10.2. The molecule has 0 bridgehead atoms. The van der Waals surface area contributed by atoms with Gasteiger partial charge in [-0.25, -0.2) is 8.78 Å². The van der Waals surface area contributed by atoms with Gasteiger partial charge in [0, 0.05) is 11.1 Å². The van der Waals surface area contributed by atoms with Gasteiger partial charge in [-0.05, 0) is 105 Å². The Kier molecular flexibility index (Phi) is 15.8. The lowest BCUT2D eigenvalue weighted by Crippen LogP contribution is -2.44. The number of phenols is 1. The molecule has 1 heterocycles. The van der Waals surface area contributed by atoms with Gasteiger partial charge in [0.25, 0.3) is 14.2 Å². The predicted molar refractivity (Wildman–Crippen MR) is 219 cm³/mol. The number of carbonyl (C=O) groups excluding carboxylic acids is 1. The highest BCUT2D eigenvalue weighted by Gasteiger charge is 2.42. The van der Waals surface area contributed by atoms with Crippen molar-refractivity contribution in [1.29, 1.82) is 0 Å². The van der Waals surface area contributed by atoms with E-state index in [-0.39, 0.29) is 49.9 Å². The van der Waals surface area contributed by atoms with Crippen LogP contribution in [-0.4, -0.2) is 24.3 Å². The van der Waals surface area contributed by atoms with Gasteiger partial charge in [-0.15, -0.1) is 0 Å². The van der Waals surface area contributed by atoms with Gasteiger partial charge in [0.15, 0.2) is 5.69 Å². The third-order valence-electron chi connectivity index (χ3n) is 10.1. The van der Waals surface area contributed by atoms with Crippen molar-refractivity contribution in [3.05, 3.63) is 134 Å². The summed E-state index contributed by atoms with van der Waals surface area (Å²) in [6, 6.07) is 11.8. The number of ether oxygens (including phenoxy) is 1. The van der Waals surface area contributed by atoms with Crippen molar-refractivity contribution in [2.24, 2.45) is 0 Å². The number of halogens is 13.